The third-order valence-corrected chi connectivity index (χ3v) is 4.66. The van der Waals surface area contributed by atoms with Crippen molar-refractivity contribution >= 4 is 16.0 Å². The summed E-state index contributed by atoms with van der Waals surface area (Å²) in [5.74, 6) is -2.57. The minimum absolute atomic E-state index is 0.170. The van der Waals surface area contributed by atoms with E-state index >= 15 is 0 Å². The van der Waals surface area contributed by atoms with Crippen LogP contribution in [-0.4, -0.2) is 32.6 Å². The zero-order chi connectivity index (χ0) is 16.2. The lowest BCUT2D eigenvalue weighted by Gasteiger charge is -2.20. The quantitative estimate of drug-likeness (QED) is 0.796. The monoisotopic (exact) mass is 319 g/mol. The molecule has 6 nitrogen and oxygen atoms in total. The van der Waals surface area contributed by atoms with E-state index in [0.717, 1.165) is 12.1 Å². The number of aliphatic carboxylic acids is 1. The molecule has 1 aromatic rings. The molecule has 2 atom stereocenters. The van der Waals surface area contributed by atoms with E-state index in [1.54, 1.807) is 13.8 Å². The van der Waals surface area contributed by atoms with Gasteiger partial charge in [0.1, 0.15) is 22.5 Å². The first kappa shape index (κ1) is 17.4. The Bertz CT molecular complexity index is 617. The number of methoxy groups -OCH3 is 1. The molecule has 0 amide bonds. The molecule has 0 spiro atoms. The van der Waals surface area contributed by atoms with Crippen LogP contribution < -0.4 is 9.46 Å². The Morgan fingerprint density at radius 2 is 2.10 bits per heavy atom. The lowest BCUT2D eigenvalue weighted by atomic mass is 10.0. The summed E-state index contributed by atoms with van der Waals surface area (Å²) >= 11 is 0. The molecule has 0 unspecified atom stereocenters. The molecule has 8 heteroatoms. The summed E-state index contributed by atoms with van der Waals surface area (Å²) in [6.07, 6.45) is 0.463. The maximum atomic E-state index is 13.8. The molecule has 0 heterocycles. The van der Waals surface area contributed by atoms with Gasteiger partial charge in [-0.25, -0.2) is 12.8 Å². The van der Waals surface area contributed by atoms with Gasteiger partial charge in [0.15, 0.2) is 0 Å². The highest BCUT2D eigenvalue weighted by atomic mass is 32.2. The van der Waals surface area contributed by atoms with Crippen molar-refractivity contribution in [2.45, 2.75) is 31.2 Å². The molecule has 2 N–H and O–H groups in total. The van der Waals surface area contributed by atoms with Gasteiger partial charge in [0.2, 0.25) is 10.0 Å². The highest BCUT2D eigenvalue weighted by Gasteiger charge is 2.30. The van der Waals surface area contributed by atoms with E-state index < -0.39 is 38.7 Å². The van der Waals surface area contributed by atoms with Gasteiger partial charge in [-0.1, -0.05) is 20.3 Å². The molecule has 0 aliphatic carbocycles. The molecule has 0 fully saturated rings. The fourth-order valence-corrected chi connectivity index (χ4v) is 3.06. The van der Waals surface area contributed by atoms with Crippen LogP contribution in [0.3, 0.4) is 0 Å². The topological polar surface area (TPSA) is 92.7 Å². The van der Waals surface area contributed by atoms with Gasteiger partial charge in [0.05, 0.1) is 7.11 Å². The van der Waals surface area contributed by atoms with Gasteiger partial charge in [-0.05, 0) is 18.1 Å². The number of ether oxygens (including phenoxy) is 1. The number of benzene rings is 1. The van der Waals surface area contributed by atoms with Gasteiger partial charge in [-0.15, -0.1) is 0 Å². The second-order valence-corrected chi connectivity index (χ2v) is 6.30. The Kier molecular flexibility index (Phi) is 5.68. The van der Waals surface area contributed by atoms with Crippen LogP contribution in [0.15, 0.2) is 23.1 Å². The molecule has 0 aliphatic heterocycles. The lowest BCUT2D eigenvalue weighted by molar-refractivity contribution is -0.140. The molecule has 0 bridgehead atoms. The standard InChI is InChI=1S/C13H18FNO5S/c1-4-8(2)12(13(16)17)15-21(18,19)11-6-5-9(20-3)7-10(11)14/h5-8,12,15H,4H2,1-3H3,(H,16,17)/t8-,12-/m0/s1. The number of sulfonamides is 1. The van der Waals surface area contributed by atoms with Gasteiger partial charge in [0, 0.05) is 6.07 Å². The number of rotatable bonds is 7. The zero-order valence-electron chi connectivity index (χ0n) is 12.0. The van der Waals surface area contributed by atoms with Crippen LogP contribution in [0.1, 0.15) is 20.3 Å². The third kappa shape index (κ3) is 4.15. The highest BCUT2D eigenvalue weighted by molar-refractivity contribution is 7.89. The van der Waals surface area contributed by atoms with Crippen molar-refractivity contribution in [2.24, 2.45) is 5.92 Å². The van der Waals surface area contributed by atoms with Crippen LogP contribution >= 0.6 is 0 Å². The summed E-state index contributed by atoms with van der Waals surface area (Å²) in [5, 5.41) is 9.10. The molecule has 0 radical (unpaired) electrons. The van der Waals surface area contributed by atoms with Crippen LogP contribution in [0, 0.1) is 11.7 Å². The molecular formula is C13H18FNO5S. The van der Waals surface area contributed by atoms with Crippen molar-refractivity contribution in [3.63, 3.8) is 0 Å². The van der Waals surface area contributed by atoms with Gasteiger partial charge in [-0.2, -0.15) is 4.72 Å². The molecule has 0 aromatic heterocycles. The van der Waals surface area contributed by atoms with Crippen molar-refractivity contribution in [3.05, 3.63) is 24.0 Å². The van der Waals surface area contributed by atoms with Crippen molar-refractivity contribution in [1.29, 1.82) is 0 Å². The lowest BCUT2D eigenvalue weighted by Crippen LogP contribution is -2.45. The van der Waals surface area contributed by atoms with Crippen LogP contribution in [-0.2, 0) is 14.8 Å². The molecule has 1 rings (SSSR count). The van der Waals surface area contributed by atoms with E-state index in [-0.39, 0.29) is 5.75 Å². The number of hydrogen-bond acceptors (Lipinski definition) is 4. The SMILES string of the molecule is CC[C@H](C)[C@H](NS(=O)(=O)c1ccc(OC)cc1F)C(=O)O. The average Bonchev–Trinajstić information content (AvgIpc) is 2.43. The van der Waals surface area contributed by atoms with Crippen LogP contribution in [0.2, 0.25) is 0 Å². The van der Waals surface area contributed by atoms with Crippen molar-refractivity contribution in [3.8, 4) is 5.75 Å². The maximum Gasteiger partial charge on any atom is 0.322 e. The number of nitrogens with one attached hydrogen (secondary N) is 1. The number of carboxylic acid groups (broad SMARTS) is 1. The second kappa shape index (κ2) is 6.86. The van der Waals surface area contributed by atoms with Gasteiger partial charge < -0.3 is 9.84 Å². The molecule has 21 heavy (non-hydrogen) atoms. The Hall–Kier alpha value is -1.67. The number of halogens is 1. The summed E-state index contributed by atoms with van der Waals surface area (Å²) in [6.45, 7) is 3.34. The minimum atomic E-state index is -4.28. The minimum Gasteiger partial charge on any atom is -0.497 e. The third-order valence-electron chi connectivity index (χ3n) is 3.19. The molecule has 0 aliphatic rings. The van der Waals surface area contributed by atoms with Gasteiger partial charge in [0.25, 0.3) is 0 Å². The van der Waals surface area contributed by atoms with Crippen molar-refractivity contribution < 1.29 is 27.4 Å². The number of carbonyl (C=O) groups is 1. The maximum absolute atomic E-state index is 13.8. The fourth-order valence-electron chi connectivity index (χ4n) is 1.70. The number of carboxylic acids is 1. The predicted molar refractivity (Wildman–Crippen MR) is 74.2 cm³/mol. The largest absolute Gasteiger partial charge is 0.497 e. The van der Waals surface area contributed by atoms with Gasteiger partial charge >= 0.3 is 5.97 Å². The van der Waals surface area contributed by atoms with Crippen LogP contribution in [0.25, 0.3) is 0 Å². The molecule has 0 saturated carbocycles. The van der Waals surface area contributed by atoms with E-state index in [1.165, 1.54) is 13.2 Å². The Labute approximate surface area is 123 Å². The smallest absolute Gasteiger partial charge is 0.322 e. The van der Waals surface area contributed by atoms with Crippen LogP contribution in [0.5, 0.6) is 5.75 Å². The fraction of sp³-hybridized carbons (Fsp3) is 0.462. The molecule has 1 aromatic carbocycles. The molecule has 118 valence electrons. The average molecular weight is 319 g/mol. The van der Waals surface area contributed by atoms with Crippen molar-refractivity contribution in [1.82, 2.24) is 4.72 Å². The second-order valence-electron chi connectivity index (χ2n) is 4.62. The number of hydrogen-bond donors (Lipinski definition) is 2. The summed E-state index contributed by atoms with van der Waals surface area (Å²) in [7, 11) is -2.95. The van der Waals surface area contributed by atoms with Crippen LogP contribution in [0.4, 0.5) is 4.39 Å². The highest BCUT2D eigenvalue weighted by Crippen LogP contribution is 2.21. The summed E-state index contributed by atoms with van der Waals surface area (Å²) < 4.78 is 44.9. The van der Waals surface area contributed by atoms with E-state index in [1.807, 2.05) is 4.72 Å². The molecular weight excluding hydrogens is 301 g/mol. The van der Waals surface area contributed by atoms with E-state index in [2.05, 4.69) is 0 Å². The summed E-state index contributed by atoms with van der Waals surface area (Å²) in [5.41, 5.74) is 0. The Morgan fingerprint density at radius 1 is 1.48 bits per heavy atom. The zero-order valence-corrected chi connectivity index (χ0v) is 12.8. The normalized spacial score (nSPS) is 14.5. The van der Waals surface area contributed by atoms with Crippen molar-refractivity contribution in [2.75, 3.05) is 7.11 Å². The Balaban J connectivity index is 3.13. The van der Waals surface area contributed by atoms with E-state index in [0.29, 0.717) is 6.42 Å². The Morgan fingerprint density at radius 3 is 2.52 bits per heavy atom. The first-order valence-corrected chi connectivity index (χ1v) is 7.80. The van der Waals surface area contributed by atoms with Gasteiger partial charge in [-0.3, -0.25) is 4.79 Å². The summed E-state index contributed by atoms with van der Waals surface area (Å²) in [4.78, 5) is 10.5. The van der Waals surface area contributed by atoms with E-state index in [4.69, 9.17) is 9.84 Å². The molecule has 0 saturated heterocycles. The first-order chi connectivity index (χ1) is 9.72. The predicted octanol–water partition coefficient (Wildman–Crippen LogP) is 1.61. The first-order valence-electron chi connectivity index (χ1n) is 6.31. The van der Waals surface area contributed by atoms with E-state index in [9.17, 15) is 17.6 Å². The summed E-state index contributed by atoms with van der Waals surface area (Å²) in [6, 6.07) is 1.93.